The predicted molar refractivity (Wildman–Crippen MR) is 78.3 cm³/mol. The van der Waals surface area contributed by atoms with E-state index in [9.17, 15) is 4.79 Å². The average Bonchev–Trinajstić information content (AvgIpc) is 2.47. The van der Waals surface area contributed by atoms with Crippen LogP contribution in [0.25, 0.3) is 0 Å². The van der Waals surface area contributed by atoms with Crippen molar-refractivity contribution in [3.05, 3.63) is 71.3 Å². The molecule has 2 aromatic rings. The Labute approximate surface area is 114 Å². The van der Waals surface area contributed by atoms with E-state index in [1.54, 1.807) is 0 Å². The van der Waals surface area contributed by atoms with Gasteiger partial charge in [0, 0.05) is 12.0 Å². The number of ketones is 1. The van der Waals surface area contributed by atoms with Crippen LogP contribution in [0.3, 0.4) is 0 Å². The molecule has 0 saturated heterocycles. The Bertz CT molecular complexity index is 534. The van der Waals surface area contributed by atoms with Crippen LogP contribution in [0.5, 0.6) is 0 Å². The summed E-state index contributed by atoms with van der Waals surface area (Å²) >= 11 is 0. The molecule has 2 rings (SSSR count). The second-order valence-corrected chi connectivity index (χ2v) is 4.60. The van der Waals surface area contributed by atoms with E-state index in [2.05, 4.69) is 12.1 Å². The average molecular weight is 253 g/mol. The third-order valence-corrected chi connectivity index (χ3v) is 3.22. The molecule has 2 nitrogen and oxygen atoms in total. The third-order valence-electron chi connectivity index (χ3n) is 3.22. The number of nitrogens with two attached hydrogens (primary N) is 1. The highest BCUT2D eigenvalue weighted by Gasteiger charge is 2.10. The molecule has 0 spiro atoms. The van der Waals surface area contributed by atoms with Gasteiger partial charge in [-0.3, -0.25) is 4.79 Å². The van der Waals surface area contributed by atoms with Crippen molar-refractivity contribution < 1.29 is 4.79 Å². The highest BCUT2D eigenvalue weighted by atomic mass is 16.1. The molecule has 0 saturated carbocycles. The lowest BCUT2D eigenvalue weighted by atomic mass is 9.97. The molecule has 0 unspecified atom stereocenters. The van der Waals surface area contributed by atoms with Gasteiger partial charge in [0.1, 0.15) is 0 Å². The zero-order chi connectivity index (χ0) is 13.5. The summed E-state index contributed by atoms with van der Waals surface area (Å²) in [7, 11) is 0. The highest BCUT2D eigenvalue weighted by molar-refractivity contribution is 5.97. The first-order valence-electron chi connectivity index (χ1n) is 6.66. The van der Waals surface area contributed by atoms with Crippen LogP contribution in [-0.4, -0.2) is 12.3 Å². The monoisotopic (exact) mass is 253 g/mol. The summed E-state index contributed by atoms with van der Waals surface area (Å²) in [5.41, 5.74) is 8.67. The Balaban J connectivity index is 2.04. The minimum atomic E-state index is 0.202. The Morgan fingerprint density at radius 1 is 0.895 bits per heavy atom. The maximum absolute atomic E-state index is 12.3. The minimum Gasteiger partial charge on any atom is -0.330 e. The van der Waals surface area contributed by atoms with E-state index in [1.165, 1.54) is 5.56 Å². The van der Waals surface area contributed by atoms with E-state index in [0.29, 0.717) is 13.0 Å². The van der Waals surface area contributed by atoms with Crippen molar-refractivity contribution in [3.63, 3.8) is 0 Å². The molecule has 0 aliphatic heterocycles. The van der Waals surface area contributed by atoms with Crippen LogP contribution in [0.4, 0.5) is 0 Å². The van der Waals surface area contributed by atoms with Crippen LogP contribution < -0.4 is 5.73 Å². The smallest absolute Gasteiger partial charge is 0.163 e. The molecule has 0 amide bonds. The van der Waals surface area contributed by atoms with Crippen molar-refractivity contribution in [2.45, 2.75) is 19.3 Å². The number of aryl methyl sites for hydroxylation is 1. The lowest BCUT2D eigenvalue weighted by molar-refractivity contribution is 0.0982. The maximum atomic E-state index is 12.3. The Hall–Kier alpha value is -1.93. The van der Waals surface area contributed by atoms with Crippen LogP contribution in [-0.2, 0) is 12.8 Å². The summed E-state index contributed by atoms with van der Waals surface area (Å²) in [5, 5.41) is 0. The first-order valence-corrected chi connectivity index (χ1v) is 6.66. The maximum Gasteiger partial charge on any atom is 0.163 e. The summed E-state index contributed by atoms with van der Waals surface area (Å²) in [6.45, 7) is 0.572. The molecule has 0 bridgehead atoms. The van der Waals surface area contributed by atoms with E-state index in [-0.39, 0.29) is 5.78 Å². The first kappa shape index (κ1) is 13.5. The zero-order valence-electron chi connectivity index (χ0n) is 11.0. The van der Waals surface area contributed by atoms with Gasteiger partial charge >= 0.3 is 0 Å². The van der Waals surface area contributed by atoms with Crippen molar-refractivity contribution in [1.29, 1.82) is 0 Å². The number of carbonyl (C=O) groups is 1. The van der Waals surface area contributed by atoms with Gasteiger partial charge in [-0.1, -0.05) is 54.6 Å². The van der Waals surface area contributed by atoms with Crippen molar-refractivity contribution >= 4 is 5.78 Å². The van der Waals surface area contributed by atoms with Gasteiger partial charge in [0.2, 0.25) is 0 Å². The van der Waals surface area contributed by atoms with Gasteiger partial charge in [0.15, 0.2) is 5.78 Å². The molecule has 0 fully saturated rings. The largest absolute Gasteiger partial charge is 0.330 e. The summed E-state index contributed by atoms with van der Waals surface area (Å²) in [4.78, 5) is 12.3. The standard InChI is InChI=1S/C17H19NO/c18-13-12-15-8-4-5-9-16(15)17(19)11-10-14-6-2-1-3-7-14/h1-9H,10-13,18H2. The van der Waals surface area contributed by atoms with Crippen LogP contribution in [0.1, 0.15) is 27.9 Å². The van der Waals surface area contributed by atoms with Gasteiger partial charge in [-0.25, -0.2) is 0 Å². The third kappa shape index (κ3) is 3.76. The molecule has 0 atom stereocenters. The van der Waals surface area contributed by atoms with Crippen LogP contribution >= 0.6 is 0 Å². The molecule has 0 aliphatic carbocycles. The molecule has 2 heteroatoms. The van der Waals surface area contributed by atoms with Gasteiger partial charge < -0.3 is 5.73 Å². The number of carbonyl (C=O) groups excluding carboxylic acids is 1. The lowest BCUT2D eigenvalue weighted by Crippen LogP contribution is -2.09. The van der Waals surface area contributed by atoms with E-state index >= 15 is 0 Å². The fourth-order valence-electron chi connectivity index (χ4n) is 2.20. The molecule has 19 heavy (non-hydrogen) atoms. The SMILES string of the molecule is NCCc1ccccc1C(=O)CCc1ccccc1. The van der Waals surface area contributed by atoms with Crippen molar-refractivity contribution in [1.82, 2.24) is 0 Å². The predicted octanol–water partition coefficient (Wildman–Crippen LogP) is 3.00. The zero-order valence-corrected chi connectivity index (χ0v) is 11.0. The quantitative estimate of drug-likeness (QED) is 0.804. The summed E-state index contributed by atoms with van der Waals surface area (Å²) in [5.74, 6) is 0.202. The number of hydrogen-bond donors (Lipinski definition) is 1. The molecule has 0 aromatic heterocycles. The van der Waals surface area contributed by atoms with Crippen LogP contribution in [0, 0.1) is 0 Å². The molecule has 0 radical (unpaired) electrons. The number of Topliss-reactive ketones (excluding diaryl/α,β-unsaturated/α-hetero) is 1. The normalized spacial score (nSPS) is 10.4. The minimum absolute atomic E-state index is 0.202. The fourth-order valence-corrected chi connectivity index (χ4v) is 2.20. The second kappa shape index (κ2) is 6.86. The Kier molecular flexibility index (Phi) is 4.87. The van der Waals surface area contributed by atoms with Gasteiger partial charge in [-0.2, -0.15) is 0 Å². The van der Waals surface area contributed by atoms with E-state index in [1.807, 2.05) is 42.5 Å². The summed E-state index contributed by atoms with van der Waals surface area (Å²) in [6, 6.07) is 17.9. The number of hydrogen-bond acceptors (Lipinski definition) is 2. The Morgan fingerprint density at radius 3 is 2.32 bits per heavy atom. The molecule has 2 N–H and O–H groups in total. The number of rotatable bonds is 6. The van der Waals surface area contributed by atoms with E-state index in [4.69, 9.17) is 5.73 Å². The van der Waals surface area contributed by atoms with Crippen LogP contribution in [0.2, 0.25) is 0 Å². The number of benzene rings is 2. The van der Waals surface area contributed by atoms with Gasteiger partial charge in [0.25, 0.3) is 0 Å². The van der Waals surface area contributed by atoms with Crippen molar-refractivity contribution in [2.24, 2.45) is 5.73 Å². The molecular formula is C17H19NO. The van der Waals surface area contributed by atoms with E-state index in [0.717, 1.165) is 24.0 Å². The summed E-state index contributed by atoms with van der Waals surface area (Å²) < 4.78 is 0. The Morgan fingerprint density at radius 2 is 1.58 bits per heavy atom. The molecular weight excluding hydrogens is 234 g/mol. The van der Waals surface area contributed by atoms with Crippen molar-refractivity contribution in [3.8, 4) is 0 Å². The summed E-state index contributed by atoms with van der Waals surface area (Å²) in [6.07, 6.45) is 2.09. The second-order valence-electron chi connectivity index (χ2n) is 4.60. The molecule has 0 aliphatic rings. The van der Waals surface area contributed by atoms with Crippen LogP contribution in [0.15, 0.2) is 54.6 Å². The van der Waals surface area contributed by atoms with Gasteiger partial charge in [-0.15, -0.1) is 0 Å². The van der Waals surface area contributed by atoms with E-state index < -0.39 is 0 Å². The van der Waals surface area contributed by atoms with Gasteiger partial charge in [-0.05, 0) is 30.5 Å². The van der Waals surface area contributed by atoms with Crippen molar-refractivity contribution in [2.75, 3.05) is 6.54 Å². The van der Waals surface area contributed by atoms with Gasteiger partial charge in [0.05, 0.1) is 0 Å². The topological polar surface area (TPSA) is 43.1 Å². The molecule has 98 valence electrons. The molecule has 2 aromatic carbocycles. The fraction of sp³-hybridized carbons (Fsp3) is 0.235. The first-order chi connectivity index (χ1) is 9.31. The highest BCUT2D eigenvalue weighted by Crippen LogP contribution is 2.13. The lowest BCUT2D eigenvalue weighted by Gasteiger charge is -2.07. The molecule has 0 heterocycles.